The molecule has 0 spiro atoms. The van der Waals surface area contributed by atoms with Gasteiger partial charge in [-0.25, -0.2) is 4.79 Å². The van der Waals surface area contributed by atoms with E-state index in [1.807, 2.05) is 0 Å². The predicted molar refractivity (Wildman–Crippen MR) is 60.8 cm³/mol. The van der Waals surface area contributed by atoms with Crippen molar-refractivity contribution in [1.29, 1.82) is 0 Å². The molecule has 0 atom stereocenters. The van der Waals surface area contributed by atoms with Crippen LogP contribution in [0.4, 0.5) is 0 Å². The molecule has 1 heterocycles. The van der Waals surface area contributed by atoms with Crippen LogP contribution in [0.2, 0.25) is 0 Å². The molecule has 4 heteroatoms. The van der Waals surface area contributed by atoms with Crippen LogP contribution in [-0.2, 0) is 14.3 Å². The molecule has 0 aliphatic carbocycles. The van der Waals surface area contributed by atoms with Crippen molar-refractivity contribution < 1.29 is 14.3 Å². The molecule has 0 bridgehead atoms. The molecule has 1 aliphatic rings. The summed E-state index contributed by atoms with van der Waals surface area (Å²) in [5.74, 6) is -0.640. The molecule has 0 unspecified atom stereocenters. The van der Waals surface area contributed by atoms with Crippen LogP contribution in [0.3, 0.4) is 0 Å². The molecule has 0 saturated carbocycles. The van der Waals surface area contributed by atoms with Gasteiger partial charge in [-0.3, -0.25) is 4.79 Å². The van der Waals surface area contributed by atoms with E-state index in [-0.39, 0.29) is 5.41 Å². The molecular formula is C12H21NO3. The van der Waals surface area contributed by atoms with Gasteiger partial charge in [-0.2, -0.15) is 0 Å². The Morgan fingerprint density at radius 1 is 1.19 bits per heavy atom. The average Bonchev–Trinajstić information content (AvgIpc) is 2.26. The highest BCUT2D eigenvalue weighted by Crippen LogP contribution is 2.34. The summed E-state index contributed by atoms with van der Waals surface area (Å²) in [5.41, 5.74) is 0.278. The van der Waals surface area contributed by atoms with E-state index in [1.165, 1.54) is 7.11 Å². The lowest BCUT2D eigenvalue weighted by atomic mass is 9.75. The largest absolute Gasteiger partial charge is 0.462 e. The van der Waals surface area contributed by atoms with E-state index in [2.05, 4.69) is 25.5 Å². The maximum atomic E-state index is 11.5. The molecule has 0 aromatic heterocycles. The van der Waals surface area contributed by atoms with Gasteiger partial charge in [0, 0.05) is 13.1 Å². The fourth-order valence-electron chi connectivity index (χ4n) is 2.17. The van der Waals surface area contributed by atoms with Crippen LogP contribution >= 0.6 is 0 Å². The van der Waals surface area contributed by atoms with Crippen LogP contribution < -0.4 is 0 Å². The third kappa shape index (κ3) is 2.97. The van der Waals surface area contributed by atoms with Gasteiger partial charge in [0.05, 0.1) is 7.11 Å². The minimum absolute atomic E-state index is 0.278. The fraction of sp³-hybridized carbons (Fsp3) is 0.833. The van der Waals surface area contributed by atoms with Crippen molar-refractivity contribution in [3.8, 4) is 0 Å². The first kappa shape index (κ1) is 13.0. The molecule has 1 fully saturated rings. The number of amides is 1. The Morgan fingerprint density at radius 2 is 1.69 bits per heavy atom. The SMILES string of the molecule is COC(=O)C(=O)N1CCC(C(C)(C)C)CC1. The molecule has 16 heavy (non-hydrogen) atoms. The quantitative estimate of drug-likeness (QED) is 0.465. The maximum Gasteiger partial charge on any atom is 0.396 e. The normalized spacial score (nSPS) is 18.4. The van der Waals surface area contributed by atoms with Gasteiger partial charge >= 0.3 is 11.9 Å². The summed E-state index contributed by atoms with van der Waals surface area (Å²) in [6.45, 7) is 7.98. The molecule has 0 radical (unpaired) electrons. The van der Waals surface area contributed by atoms with Gasteiger partial charge in [0.15, 0.2) is 0 Å². The second kappa shape index (κ2) is 4.85. The number of methoxy groups -OCH3 is 1. The van der Waals surface area contributed by atoms with Gasteiger partial charge in [0.25, 0.3) is 0 Å². The lowest BCUT2D eigenvalue weighted by Crippen LogP contribution is -2.44. The summed E-state index contributed by atoms with van der Waals surface area (Å²) in [7, 11) is 1.24. The number of esters is 1. The summed E-state index contributed by atoms with van der Waals surface area (Å²) in [6, 6.07) is 0. The zero-order valence-corrected chi connectivity index (χ0v) is 10.6. The van der Waals surface area contributed by atoms with E-state index >= 15 is 0 Å². The smallest absolute Gasteiger partial charge is 0.396 e. The second-order valence-corrected chi connectivity index (χ2v) is 5.42. The van der Waals surface area contributed by atoms with Crippen LogP contribution in [0.5, 0.6) is 0 Å². The van der Waals surface area contributed by atoms with Crippen molar-refractivity contribution in [3.05, 3.63) is 0 Å². The molecule has 1 amide bonds. The highest BCUT2D eigenvalue weighted by molar-refractivity contribution is 6.32. The van der Waals surface area contributed by atoms with Crippen LogP contribution in [0.25, 0.3) is 0 Å². The summed E-state index contributed by atoms with van der Waals surface area (Å²) in [4.78, 5) is 24.2. The number of carbonyl (C=O) groups is 2. The molecule has 0 N–H and O–H groups in total. The van der Waals surface area contributed by atoms with E-state index in [4.69, 9.17) is 0 Å². The van der Waals surface area contributed by atoms with Gasteiger partial charge in [0.2, 0.25) is 0 Å². The zero-order chi connectivity index (χ0) is 12.3. The highest BCUT2D eigenvalue weighted by Gasteiger charge is 2.32. The number of carbonyl (C=O) groups excluding carboxylic acids is 2. The molecule has 1 aliphatic heterocycles. The Labute approximate surface area is 96.9 Å². The van der Waals surface area contributed by atoms with Crippen molar-refractivity contribution >= 4 is 11.9 Å². The molecule has 1 rings (SSSR count). The first-order valence-corrected chi connectivity index (χ1v) is 5.73. The second-order valence-electron chi connectivity index (χ2n) is 5.42. The van der Waals surface area contributed by atoms with Crippen molar-refractivity contribution in [2.75, 3.05) is 20.2 Å². The van der Waals surface area contributed by atoms with Crippen molar-refractivity contribution in [2.45, 2.75) is 33.6 Å². The van der Waals surface area contributed by atoms with Gasteiger partial charge in [-0.05, 0) is 24.2 Å². The molecule has 1 saturated heterocycles. The highest BCUT2D eigenvalue weighted by atomic mass is 16.5. The summed E-state index contributed by atoms with van der Waals surface area (Å²) in [6.07, 6.45) is 1.93. The van der Waals surface area contributed by atoms with E-state index < -0.39 is 11.9 Å². The third-order valence-corrected chi connectivity index (χ3v) is 3.37. The topological polar surface area (TPSA) is 46.6 Å². The maximum absolute atomic E-state index is 11.5. The van der Waals surface area contributed by atoms with Crippen molar-refractivity contribution in [1.82, 2.24) is 4.90 Å². The monoisotopic (exact) mass is 227 g/mol. The predicted octanol–water partition coefficient (Wildman–Crippen LogP) is 1.44. The third-order valence-electron chi connectivity index (χ3n) is 3.37. The summed E-state index contributed by atoms with van der Waals surface area (Å²) >= 11 is 0. The first-order chi connectivity index (χ1) is 7.36. The number of ether oxygens (including phenoxy) is 1. The number of likely N-dealkylation sites (tertiary alicyclic amines) is 1. The molecule has 4 nitrogen and oxygen atoms in total. The number of hydrogen-bond acceptors (Lipinski definition) is 3. The standard InChI is InChI=1S/C12H21NO3/c1-12(2,3)9-5-7-13(8-6-9)10(14)11(15)16-4/h9H,5-8H2,1-4H3. The Bertz CT molecular complexity index is 272. The minimum atomic E-state index is -0.755. The van der Waals surface area contributed by atoms with Gasteiger partial charge < -0.3 is 9.64 Å². The van der Waals surface area contributed by atoms with E-state index in [9.17, 15) is 9.59 Å². The lowest BCUT2D eigenvalue weighted by Gasteiger charge is -2.38. The Balaban J connectivity index is 2.49. The molecule has 0 aromatic carbocycles. The van der Waals surface area contributed by atoms with Crippen LogP contribution in [0.15, 0.2) is 0 Å². The van der Waals surface area contributed by atoms with Crippen LogP contribution in [0, 0.1) is 11.3 Å². The van der Waals surface area contributed by atoms with Gasteiger partial charge in [-0.15, -0.1) is 0 Å². The Morgan fingerprint density at radius 3 is 2.06 bits per heavy atom. The average molecular weight is 227 g/mol. The number of rotatable bonds is 0. The first-order valence-electron chi connectivity index (χ1n) is 5.73. The van der Waals surface area contributed by atoms with Gasteiger partial charge in [-0.1, -0.05) is 20.8 Å². The van der Waals surface area contributed by atoms with Crippen LogP contribution in [0.1, 0.15) is 33.6 Å². The number of piperidine rings is 1. The lowest BCUT2D eigenvalue weighted by molar-refractivity contribution is -0.159. The van der Waals surface area contributed by atoms with Crippen LogP contribution in [-0.4, -0.2) is 37.0 Å². The van der Waals surface area contributed by atoms with E-state index in [0.29, 0.717) is 19.0 Å². The summed E-state index contributed by atoms with van der Waals surface area (Å²) in [5, 5.41) is 0. The van der Waals surface area contributed by atoms with E-state index in [0.717, 1.165) is 12.8 Å². The Hall–Kier alpha value is -1.06. The molecule has 0 aromatic rings. The van der Waals surface area contributed by atoms with Crippen molar-refractivity contribution in [2.24, 2.45) is 11.3 Å². The zero-order valence-electron chi connectivity index (χ0n) is 10.6. The van der Waals surface area contributed by atoms with Gasteiger partial charge in [0.1, 0.15) is 0 Å². The number of hydrogen-bond donors (Lipinski definition) is 0. The summed E-state index contributed by atoms with van der Waals surface area (Å²) < 4.78 is 4.43. The Kier molecular flexibility index (Phi) is 3.94. The van der Waals surface area contributed by atoms with E-state index in [1.54, 1.807) is 4.90 Å². The molecular weight excluding hydrogens is 206 g/mol. The molecule has 92 valence electrons. The number of nitrogens with zero attached hydrogens (tertiary/aromatic N) is 1. The van der Waals surface area contributed by atoms with Crippen molar-refractivity contribution in [3.63, 3.8) is 0 Å². The minimum Gasteiger partial charge on any atom is -0.462 e. The fourth-order valence-corrected chi connectivity index (χ4v) is 2.17.